The predicted octanol–water partition coefficient (Wildman–Crippen LogP) is 22.0. The SMILES string of the molecule is C=Cc1ccc(CN(CCCO)Cc2ccc(C=C)cc2)cc1.C=Cc1ccc(CN(CCO)Cc2ccc(CC)cc2)cc1.C=Cc1ccc(CN(Cc2ccc(C=C)cc2)C(CC)CC)cc1.C=Cc1ccc(CN(Cc2ccc(C=C)cc2)CC(C)O)cc1.C=Cc1ccc(COCCC)cc1. The van der Waals surface area contributed by atoms with Gasteiger partial charge in [-0.1, -0.05) is 347 Å². The van der Waals surface area contributed by atoms with Crippen molar-refractivity contribution in [3.63, 3.8) is 0 Å². The minimum Gasteiger partial charge on any atom is -0.396 e. The van der Waals surface area contributed by atoms with Crippen LogP contribution in [0, 0.1) is 0 Å². The Kier molecular flexibility index (Phi) is 41.8. The summed E-state index contributed by atoms with van der Waals surface area (Å²) in [5.74, 6) is 0. The van der Waals surface area contributed by atoms with Crippen LogP contribution >= 0.6 is 0 Å². The molecule has 9 aromatic rings. The van der Waals surface area contributed by atoms with E-state index in [0.717, 1.165) is 118 Å². The lowest BCUT2D eigenvalue weighted by Gasteiger charge is -2.30. The van der Waals surface area contributed by atoms with E-state index in [2.05, 4.69) is 318 Å². The number of aryl methyl sites for hydroxylation is 1. The molecule has 3 N–H and O–H groups in total. The first kappa shape index (κ1) is 86.2. The van der Waals surface area contributed by atoms with Gasteiger partial charge in [-0.25, -0.2) is 0 Å². The average Bonchev–Trinajstić information content (AvgIpc) is 0.897. The van der Waals surface area contributed by atoms with Crippen LogP contribution in [0.3, 0.4) is 0 Å². The lowest BCUT2D eigenvalue weighted by atomic mass is 10.0. The van der Waals surface area contributed by atoms with Crippen molar-refractivity contribution >= 4 is 48.6 Å². The van der Waals surface area contributed by atoms with Crippen molar-refractivity contribution in [2.24, 2.45) is 0 Å². The highest BCUT2D eigenvalue weighted by atomic mass is 16.5. The molecule has 0 amide bonds. The Bertz CT molecular complexity index is 3710. The maximum atomic E-state index is 9.77. The molecule has 0 bridgehead atoms. The highest BCUT2D eigenvalue weighted by molar-refractivity contribution is 5.52. The molecule has 0 radical (unpaired) electrons. The summed E-state index contributed by atoms with van der Waals surface area (Å²) in [6.45, 7) is 52.1. The van der Waals surface area contributed by atoms with Crippen molar-refractivity contribution in [2.75, 3.05) is 39.5 Å². The smallest absolute Gasteiger partial charge is 0.0716 e. The van der Waals surface area contributed by atoms with E-state index < -0.39 is 0 Å². The Morgan fingerprint density at radius 3 is 0.810 bits per heavy atom. The predicted molar refractivity (Wildman–Crippen MR) is 454 cm³/mol. The van der Waals surface area contributed by atoms with Crippen molar-refractivity contribution in [1.29, 1.82) is 0 Å². The molecule has 1 unspecified atom stereocenters. The van der Waals surface area contributed by atoms with Gasteiger partial charge in [0.05, 0.1) is 19.3 Å². The molecule has 0 aliphatic carbocycles. The van der Waals surface area contributed by atoms with E-state index in [9.17, 15) is 10.2 Å². The summed E-state index contributed by atoms with van der Waals surface area (Å²) in [7, 11) is 0. The van der Waals surface area contributed by atoms with E-state index >= 15 is 0 Å². The number of nitrogens with zero attached hydrogens (tertiary/aromatic N) is 4. The zero-order valence-electron chi connectivity index (χ0n) is 63.9. The van der Waals surface area contributed by atoms with Gasteiger partial charge in [-0.3, -0.25) is 19.6 Å². The minimum absolute atomic E-state index is 0.178. The molecule has 0 aliphatic rings. The summed E-state index contributed by atoms with van der Waals surface area (Å²) in [5, 5.41) is 28.2. The molecule has 0 spiro atoms. The second-order valence-corrected chi connectivity index (χ2v) is 26.4. The molecule has 8 nitrogen and oxygen atoms in total. The first-order valence-electron chi connectivity index (χ1n) is 37.3. The van der Waals surface area contributed by atoms with Crippen LogP contribution < -0.4 is 0 Å². The van der Waals surface area contributed by atoms with E-state index in [-0.39, 0.29) is 19.3 Å². The molecule has 105 heavy (non-hydrogen) atoms. The van der Waals surface area contributed by atoms with Crippen LogP contribution in [0.25, 0.3) is 48.6 Å². The van der Waals surface area contributed by atoms with Gasteiger partial charge in [0.1, 0.15) is 0 Å². The number of aliphatic hydroxyl groups excluding tert-OH is 3. The van der Waals surface area contributed by atoms with Crippen molar-refractivity contribution < 1.29 is 20.1 Å². The second-order valence-electron chi connectivity index (χ2n) is 26.4. The second kappa shape index (κ2) is 50.9. The van der Waals surface area contributed by atoms with Crippen LogP contribution in [0.1, 0.15) is 160 Å². The summed E-state index contributed by atoms with van der Waals surface area (Å²) in [4.78, 5) is 9.48. The molecule has 0 saturated heterocycles. The number of benzene rings is 9. The lowest BCUT2D eigenvalue weighted by Crippen LogP contribution is -2.33. The van der Waals surface area contributed by atoms with Crippen LogP contribution in [-0.2, 0) is 70.1 Å². The fourth-order valence-electron chi connectivity index (χ4n) is 11.8. The van der Waals surface area contributed by atoms with Crippen molar-refractivity contribution in [2.45, 2.75) is 138 Å². The third-order valence-corrected chi connectivity index (χ3v) is 18.0. The van der Waals surface area contributed by atoms with Gasteiger partial charge in [0.2, 0.25) is 0 Å². The third-order valence-electron chi connectivity index (χ3n) is 18.0. The lowest BCUT2D eigenvalue weighted by molar-refractivity contribution is 0.118. The summed E-state index contributed by atoms with van der Waals surface area (Å²) in [5.41, 5.74) is 22.0. The van der Waals surface area contributed by atoms with Gasteiger partial charge in [0.15, 0.2) is 0 Å². The Labute approximate surface area is 633 Å². The Morgan fingerprint density at radius 2 is 0.571 bits per heavy atom. The Morgan fingerprint density at radius 1 is 0.324 bits per heavy atom. The molecule has 0 fully saturated rings. The summed E-state index contributed by atoms with van der Waals surface area (Å²) >= 11 is 0. The number of ether oxygens (including phenoxy) is 1. The summed E-state index contributed by atoms with van der Waals surface area (Å²) < 4.78 is 5.42. The van der Waals surface area contributed by atoms with E-state index in [0.29, 0.717) is 25.7 Å². The molecule has 8 heteroatoms. The summed E-state index contributed by atoms with van der Waals surface area (Å²) in [6.07, 6.45) is 19.8. The van der Waals surface area contributed by atoms with E-state index in [4.69, 9.17) is 9.84 Å². The van der Waals surface area contributed by atoms with Gasteiger partial charge in [0, 0.05) is 91.2 Å². The van der Waals surface area contributed by atoms with E-state index in [1.54, 1.807) is 0 Å². The molecule has 9 aromatic carbocycles. The van der Waals surface area contributed by atoms with Crippen LogP contribution in [-0.4, -0.2) is 86.5 Å². The molecule has 0 heterocycles. The van der Waals surface area contributed by atoms with Crippen molar-refractivity contribution in [3.8, 4) is 0 Å². The van der Waals surface area contributed by atoms with Crippen LogP contribution in [0.15, 0.2) is 271 Å². The molecular formula is C97H120N4O4. The topological polar surface area (TPSA) is 82.9 Å². The average molecular weight is 1410 g/mol. The molecule has 0 aromatic heterocycles. The van der Waals surface area contributed by atoms with Gasteiger partial charge in [0.25, 0.3) is 0 Å². The standard InChI is InChI=1S/C23H29N.2C21H25NO.C20H25NO.C12H16O/c1-5-19-9-13-21(14-10-19)17-24(23(7-3)8-4)18-22-15-11-20(6-2)12-16-22;1-4-18-6-10-20(11-7-18)15-22(14-17(3)23)16-21-12-8-19(5-2)9-13-21;1-3-18-6-10-20(11-7-18)16-22(14-5-15-23)17-21-12-8-19(4-2)9-13-21;1-3-17-5-9-19(10-6-17)15-21(13-14-22)16-20-11-7-18(4-2)8-12-20;1-3-9-13-10-12-7-5-11(4-2)6-8-12/h5-6,9-16,23H,1-2,7-8,17-18H2,3-4H3;4-13,17,23H,1-2,14-16H2,3H3;3-4,6-13,23H,1-2,5,14-17H2;3,5-12,22H,1,4,13-16H2,2H3;4-8H,2-3,9-10H2,1H3. The third kappa shape index (κ3) is 33.9. The quantitative estimate of drug-likeness (QED) is 0.0329. The number of rotatable bonds is 39. The fraction of sp³-hybridized carbons (Fsp3) is 0.278. The Balaban J connectivity index is 0.000000238. The van der Waals surface area contributed by atoms with Crippen LogP contribution in [0.2, 0.25) is 0 Å². The van der Waals surface area contributed by atoms with Crippen molar-refractivity contribution in [1.82, 2.24) is 19.6 Å². The zero-order valence-corrected chi connectivity index (χ0v) is 63.9. The van der Waals surface area contributed by atoms with Gasteiger partial charge in [-0.2, -0.15) is 0 Å². The van der Waals surface area contributed by atoms with E-state index in [1.165, 1.54) is 79.6 Å². The zero-order chi connectivity index (χ0) is 75.8. The highest BCUT2D eigenvalue weighted by Gasteiger charge is 2.17. The molecule has 0 aliphatic heterocycles. The molecule has 1 atom stereocenters. The first-order chi connectivity index (χ1) is 51.1. The number of hydrogen-bond donors (Lipinski definition) is 3. The fourth-order valence-corrected chi connectivity index (χ4v) is 11.8. The van der Waals surface area contributed by atoms with Crippen LogP contribution in [0.5, 0.6) is 0 Å². The van der Waals surface area contributed by atoms with Crippen LogP contribution in [0.4, 0.5) is 0 Å². The monoisotopic (exact) mass is 1400 g/mol. The van der Waals surface area contributed by atoms with Gasteiger partial charge >= 0.3 is 0 Å². The highest BCUT2D eigenvalue weighted by Crippen LogP contribution is 2.22. The van der Waals surface area contributed by atoms with Gasteiger partial charge in [-0.15, -0.1) is 0 Å². The molecule has 9 rings (SSSR count). The largest absolute Gasteiger partial charge is 0.396 e. The van der Waals surface area contributed by atoms with E-state index in [1.807, 2.05) is 55.5 Å². The summed E-state index contributed by atoms with van der Waals surface area (Å²) in [6, 6.07) is 77.1. The molecular weight excluding hydrogens is 1290 g/mol. The van der Waals surface area contributed by atoms with Crippen molar-refractivity contribution in [3.05, 3.63) is 371 Å². The van der Waals surface area contributed by atoms with Gasteiger partial charge < -0.3 is 20.1 Å². The molecule has 0 saturated carbocycles. The first-order valence-corrected chi connectivity index (χ1v) is 37.3. The number of hydrogen-bond acceptors (Lipinski definition) is 8. The maximum Gasteiger partial charge on any atom is 0.0716 e. The number of aliphatic hydroxyl groups is 3. The van der Waals surface area contributed by atoms with Gasteiger partial charge in [-0.05, 0) is 139 Å². The molecule has 552 valence electrons. The Hall–Kier alpha value is -9.42. The maximum absolute atomic E-state index is 9.77. The minimum atomic E-state index is -0.352. The normalized spacial score (nSPS) is 11.0.